The molecule has 1 N–H and O–H groups in total. The van der Waals surface area contributed by atoms with E-state index in [2.05, 4.69) is 26.2 Å². The maximum absolute atomic E-state index is 5.93. The Bertz CT molecular complexity index is 498. The summed E-state index contributed by atoms with van der Waals surface area (Å²) in [7, 11) is 0. The minimum atomic E-state index is 0.720. The molecule has 0 atom stereocenters. The van der Waals surface area contributed by atoms with Crippen molar-refractivity contribution in [3.8, 4) is 0 Å². The number of aromatic nitrogens is 1. The van der Waals surface area contributed by atoms with Crippen molar-refractivity contribution >= 4 is 44.6 Å². The smallest absolute Gasteiger partial charge is 0.112 e. The van der Waals surface area contributed by atoms with Crippen molar-refractivity contribution in [3.05, 3.63) is 43.8 Å². The average molecular weight is 318 g/mol. The molecule has 0 aliphatic carbocycles. The number of thiazole rings is 1. The number of hydrogen-bond acceptors (Lipinski definition) is 3. The summed E-state index contributed by atoms with van der Waals surface area (Å²) in [5.41, 5.74) is 2.05. The summed E-state index contributed by atoms with van der Waals surface area (Å²) in [5.74, 6) is 0. The summed E-state index contributed by atoms with van der Waals surface area (Å²) < 4.78 is 1.00. The predicted octanol–water partition coefficient (Wildman–Crippen LogP) is 4.48. The van der Waals surface area contributed by atoms with Crippen molar-refractivity contribution in [2.24, 2.45) is 0 Å². The summed E-state index contributed by atoms with van der Waals surface area (Å²) in [6.07, 6.45) is 0. The predicted molar refractivity (Wildman–Crippen MR) is 73.3 cm³/mol. The lowest BCUT2D eigenvalue weighted by atomic mass is 10.3. The Hall–Kier alpha value is -0.580. The van der Waals surface area contributed by atoms with Gasteiger partial charge < -0.3 is 5.32 Å². The molecule has 2 rings (SSSR count). The molecule has 0 radical (unpaired) electrons. The summed E-state index contributed by atoms with van der Waals surface area (Å²) in [6.45, 7) is 2.72. The highest BCUT2D eigenvalue weighted by Gasteiger charge is 2.02. The number of halogens is 2. The van der Waals surface area contributed by atoms with Crippen LogP contribution in [0.1, 0.15) is 10.7 Å². The van der Waals surface area contributed by atoms with Crippen LogP contribution in [0, 0.1) is 6.92 Å². The molecule has 0 bridgehead atoms. The first-order chi connectivity index (χ1) is 7.65. The highest BCUT2D eigenvalue weighted by atomic mass is 79.9. The second kappa shape index (κ2) is 5.17. The van der Waals surface area contributed by atoms with E-state index < -0.39 is 0 Å². The van der Waals surface area contributed by atoms with E-state index in [1.54, 1.807) is 11.3 Å². The molecule has 0 aliphatic rings. The molecule has 0 amide bonds. The van der Waals surface area contributed by atoms with Gasteiger partial charge in [-0.2, -0.15) is 0 Å². The van der Waals surface area contributed by atoms with E-state index >= 15 is 0 Å². The minimum Gasteiger partial charge on any atom is -0.378 e. The summed E-state index contributed by atoms with van der Waals surface area (Å²) in [5, 5.41) is 7.14. The topological polar surface area (TPSA) is 24.9 Å². The number of nitrogens with zero attached hydrogens (tertiary/aromatic N) is 1. The third kappa shape index (κ3) is 2.97. The van der Waals surface area contributed by atoms with Gasteiger partial charge in [-0.3, -0.25) is 0 Å². The molecular weight excluding hydrogens is 308 g/mol. The Morgan fingerprint density at radius 1 is 1.50 bits per heavy atom. The molecule has 0 saturated carbocycles. The van der Waals surface area contributed by atoms with Gasteiger partial charge in [-0.1, -0.05) is 11.6 Å². The SMILES string of the molecule is Cc1csc(CNc2cc(Cl)ccc2Br)n1. The van der Waals surface area contributed by atoms with Gasteiger partial charge in [0.15, 0.2) is 0 Å². The highest BCUT2D eigenvalue weighted by Crippen LogP contribution is 2.26. The highest BCUT2D eigenvalue weighted by molar-refractivity contribution is 9.10. The molecule has 0 saturated heterocycles. The van der Waals surface area contributed by atoms with Crippen LogP contribution in [0.4, 0.5) is 5.69 Å². The Labute approximate surface area is 112 Å². The summed E-state index contributed by atoms with van der Waals surface area (Å²) in [6, 6.07) is 5.67. The van der Waals surface area contributed by atoms with Crippen LogP contribution in [0.15, 0.2) is 28.1 Å². The normalized spacial score (nSPS) is 10.4. The van der Waals surface area contributed by atoms with Gasteiger partial charge in [0.05, 0.1) is 12.2 Å². The van der Waals surface area contributed by atoms with Crippen molar-refractivity contribution < 1.29 is 0 Å². The van der Waals surface area contributed by atoms with Crippen LogP contribution in [-0.4, -0.2) is 4.98 Å². The van der Waals surface area contributed by atoms with Crippen molar-refractivity contribution in [2.75, 3.05) is 5.32 Å². The molecule has 84 valence electrons. The van der Waals surface area contributed by atoms with Crippen LogP contribution in [0.5, 0.6) is 0 Å². The maximum Gasteiger partial charge on any atom is 0.112 e. The van der Waals surface area contributed by atoms with Gasteiger partial charge in [-0.25, -0.2) is 4.98 Å². The molecule has 0 aliphatic heterocycles. The molecular formula is C11H10BrClN2S. The monoisotopic (exact) mass is 316 g/mol. The Morgan fingerprint density at radius 2 is 2.31 bits per heavy atom. The molecule has 1 aromatic carbocycles. The Morgan fingerprint density at radius 3 is 3.00 bits per heavy atom. The van der Waals surface area contributed by atoms with Crippen molar-refractivity contribution in [1.29, 1.82) is 0 Å². The molecule has 2 aromatic rings. The quantitative estimate of drug-likeness (QED) is 0.903. The second-order valence-corrected chi connectivity index (χ2v) is 5.59. The zero-order valence-electron chi connectivity index (χ0n) is 8.63. The van der Waals surface area contributed by atoms with Gasteiger partial charge in [0.1, 0.15) is 5.01 Å². The Kier molecular flexibility index (Phi) is 3.84. The lowest BCUT2D eigenvalue weighted by Crippen LogP contribution is -1.99. The average Bonchev–Trinajstić information content (AvgIpc) is 2.66. The van der Waals surface area contributed by atoms with E-state index in [1.165, 1.54) is 0 Å². The number of rotatable bonds is 3. The molecule has 1 aromatic heterocycles. The fourth-order valence-electron chi connectivity index (χ4n) is 1.29. The number of anilines is 1. The largest absolute Gasteiger partial charge is 0.378 e. The van der Waals surface area contributed by atoms with Crippen LogP contribution in [-0.2, 0) is 6.54 Å². The van der Waals surface area contributed by atoms with Crippen molar-refractivity contribution in [1.82, 2.24) is 4.98 Å². The van der Waals surface area contributed by atoms with Gasteiger partial charge in [-0.15, -0.1) is 11.3 Å². The summed E-state index contributed by atoms with van der Waals surface area (Å²) in [4.78, 5) is 4.39. The van der Waals surface area contributed by atoms with Gasteiger partial charge >= 0.3 is 0 Å². The molecule has 16 heavy (non-hydrogen) atoms. The molecule has 1 heterocycles. The summed E-state index contributed by atoms with van der Waals surface area (Å²) >= 11 is 11.1. The minimum absolute atomic E-state index is 0.720. The van der Waals surface area contributed by atoms with E-state index in [0.29, 0.717) is 0 Å². The number of aryl methyl sites for hydroxylation is 1. The zero-order chi connectivity index (χ0) is 11.5. The second-order valence-electron chi connectivity index (χ2n) is 3.36. The van der Waals surface area contributed by atoms with Crippen LogP contribution in [0.2, 0.25) is 5.02 Å². The van der Waals surface area contributed by atoms with Gasteiger partial charge in [0, 0.05) is 20.6 Å². The van der Waals surface area contributed by atoms with Gasteiger partial charge in [0.2, 0.25) is 0 Å². The zero-order valence-corrected chi connectivity index (χ0v) is 11.8. The van der Waals surface area contributed by atoms with Crippen LogP contribution in [0.3, 0.4) is 0 Å². The molecule has 5 heteroatoms. The molecule has 0 fully saturated rings. The standard InChI is InChI=1S/C11H10BrClN2S/c1-7-6-16-11(15-7)5-14-10-4-8(13)2-3-9(10)12/h2-4,6,14H,5H2,1H3. The van der Waals surface area contributed by atoms with Gasteiger partial charge in [-0.05, 0) is 41.1 Å². The first kappa shape index (κ1) is 11.9. The van der Waals surface area contributed by atoms with E-state index in [1.807, 2.05) is 30.5 Å². The van der Waals surface area contributed by atoms with Crippen LogP contribution in [0.25, 0.3) is 0 Å². The molecule has 0 unspecified atom stereocenters. The van der Waals surface area contributed by atoms with E-state index in [9.17, 15) is 0 Å². The third-order valence-corrected chi connectivity index (χ3v) is 3.92. The first-order valence-corrected chi connectivity index (χ1v) is 6.80. The first-order valence-electron chi connectivity index (χ1n) is 4.75. The fourth-order valence-corrected chi connectivity index (χ4v) is 2.56. The van der Waals surface area contributed by atoms with E-state index in [0.717, 1.165) is 32.4 Å². The third-order valence-electron chi connectivity index (χ3n) is 2.03. The number of hydrogen-bond donors (Lipinski definition) is 1. The van der Waals surface area contributed by atoms with E-state index in [-0.39, 0.29) is 0 Å². The number of nitrogens with one attached hydrogen (secondary N) is 1. The van der Waals surface area contributed by atoms with Gasteiger partial charge in [0.25, 0.3) is 0 Å². The van der Waals surface area contributed by atoms with Crippen molar-refractivity contribution in [2.45, 2.75) is 13.5 Å². The van der Waals surface area contributed by atoms with Crippen LogP contribution >= 0.6 is 38.9 Å². The Balaban J connectivity index is 2.07. The lowest BCUT2D eigenvalue weighted by Gasteiger charge is -2.07. The number of benzene rings is 1. The van der Waals surface area contributed by atoms with Crippen LogP contribution < -0.4 is 5.32 Å². The maximum atomic E-state index is 5.93. The van der Waals surface area contributed by atoms with Crippen molar-refractivity contribution in [3.63, 3.8) is 0 Å². The van der Waals surface area contributed by atoms with E-state index in [4.69, 9.17) is 11.6 Å². The lowest BCUT2D eigenvalue weighted by molar-refractivity contribution is 1.07. The molecule has 0 spiro atoms. The molecule has 2 nitrogen and oxygen atoms in total. The fraction of sp³-hybridized carbons (Fsp3) is 0.182.